The van der Waals surface area contributed by atoms with Crippen molar-refractivity contribution in [1.29, 1.82) is 0 Å². The van der Waals surface area contributed by atoms with E-state index in [1.807, 2.05) is 24.3 Å². The minimum absolute atomic E-state index is 0.0386. The van der Waals surface area contributed by atoms with E-state index < -0.39 is 17.6 Å². The van der Waals surface area contributed by atoms with E-state index in [1.165, 1.54) is 18.2 Å². The molecule has 0 bridgehead atoms. The second-order valence-corrected chi connectivity index (χ2v) is 8.36. The van der Waals surface area contributed by atoms with Crippen molar-refractivity contribution in [3.8, 4) is 5.75 Å². The maximum atomic E-state index is 13.2. The normalized spacial score (nSPS) is 11.6. The summed E-state index contributed by atoms with van der Waals surface area (Å²) in [5, 5.41) is 0.591. The van der Waals surface area contributed by atoms with Crippen molar-refractivity contribution in [2.75, 3.05) is 11.9 Å². The number of anilines is 1. The van der Waals surface area contributed by atoms with Gasteiger partial charge in [0.2, 0.25) is 0 Å². The monoisotopic (exact) mass is 511 g/mol. The van der Waals surface area contributed by atoms with Crippen LogP contribution in [-0.4, -0.2) is 19.3 Å². The Kier molecular flexibility index (Phi) is 7.01. The molecule has 0 fully saturated rings. The Bertz CT molecular complexity index is 1100. The minimum atomic E-state index is -4.50. The molecule has 0 unspecified atom stereocenters. The summed E-state index contributed by atoms with van der Waals surface area (Å²) in [4.78, 5) is 17.9. The molecule has 3 rings (SSSR count). The number of amides is 1. The molecule has 162 valence electrons. The largest absolute Gasteiger partial charge is 0.487 e. The van der Waals surface area contributed by atoms with E-state index in [1.54, 1.807) is 24.4 Å². The number of aliphatic imine (C=N–C) groups is 1. The maximum absolute atomic E-state index is 13.2. The smallest absolute Gasteiger partial charge is 0.416 e. The first kappa shape index (κ1) is 22.8. The molecule has 0 aliphatic rings. The predicted molar refractivity (Wildman–Crippen MR) is 119 cm³/mol. The zero-order chi connectivity index (χ0) is 22.6. The lowest BCUT2D eigenvalue weighted by Gasteiger charge is -2.13. The molecular formula is C21H17BrF3N3O2S. The van der Waals surface area contributed by atoms with Gasteiger partial charge in [0.05, 0.1) is 17.6 Å². The highest BCUT2D eigenvalue weighted by Crippen LogP contribution is 2.37. The van der Waals surface area contributed by atoms with Gasteiger partial charge in [0.25, 0.3) is 5.91 Å². The number of carbonyl (C=O) groups excluding carboxylic acids is 1. The third-order valence-corrected chi connectivity index (χ3v) is 5.92. The molecule has 31 heavy (non-hydrogen) atoms. The second kappa shape index (κ2) is 9.52. The Hall–Kier alpha value is -2.85. The van der Waals surface area contributed by atoms with Crippen molar-refractivity contribution < 1.29 is 22.7 Å². The number of nitrogens with zero attached hydrogens (tertiary/aromatic N) is 2. The van der Waals surface area contributed by atoms with Crippen LogP contribution in [0.5, 0.6) is 5.75 Å². The summed E-state index contributed by atoms with van der Waals surface area (Å²) in [6.45, 7) is -0.358. The Labute approximate surface area is 189 Å². The Morgan fingerprint density at radius 1 is 1.23 bits per heavy atom. The van der Waals surface area contributed by atoms with Crippen molar-refractivity contribution in [3.63, 3.8) is 0 Å². The molecule has 0 aliphatic heterocycles. The van der Waals surface area contributed by atoms with Crippen LogP contribution in [0.1, 0.15) is 20.8 Å². The van der Waals surface area contributed by atoms with E-state index in [4.69, 9.17) is 10.5 Å². The van der Waals surface area contributed by atoms with Crippen LogP contribution in [0.4, 0.5) is 23.9 Å². The van der Waals surface area contributed by atoms with Crippen molar-refractivity contribution in [3.05, 3.63) is 75.1 Å². The molecule has 0 saturated heterocycles. The summed E-state index contributed by atoms with van der Waals surface area (Å²) in [5.41, 5.74) is 5.33. The molecule has 2 N–H and O–H groups in total. The van der Waals surface area contributed by atoms with Crippen LogP contribution >= 0.6 is 27.3 Å². The topological polar surface area (TPSA) is 67.9 Å². The molecule has 1 aromatic heterocycles. The molecule has 0 aliphatic carbocycles. The summed E-state index contributed by atoms with van der Waals surface area (Å²) >= 11 is 4.42. The minimum Gasteiger partial charge on any atom is -0.487 e. The predicted octanol–water partition coefficient (Wildman–Crippen LogP) is 6.00. The van der Waals surface area contributed by atoms with Gasteiger partial charge < -0.3 is 15.4 Å². The number of nitrogens with two attached hydrogens (primary N) is 1. The molecule has 1 amide bonds. The first-order valence-corrected chi connectivity index (χ1v) is 10.5. The lowest BCUT2D eigenvalue weighted by atomic mass is 10.1. The number of halogens is 4. The molecule has 0 saturated carbocycles. The third-order valence-electron chi connectivity index (χ3n) is 4.17. The number of alkyl halides is 3. The third kappa shape index (κ3) is 5.86. The van der Waals surface area contributed by atoms with Gasteiger partial charge in [-0.1, -0.05) is 34.1 Å². The Morgan fingerprint density at radius 3 is 2.55 bits per heavy atom. The molecule has 0 atom stereocenters. The molecule has 10 heteroatoms. The second-order valence-electron chi connectivity index (χ2n) is 6.42. The molecule has 0 radical (unpaired) electrons. The number of hydrogen-bond acceptors (Lipinski definition) is 4. The highest BCUT2D eigenvalue weighted by molar-refractivity contribution is 9.10. The molecule has 5 nitrogen and oxygen atoms in total. The van der Waals surface area contributed by atoms with Crippen LogP contribution in [0.25, 0.3) is 0 Å². The summed E-state index contributed by atoms with van der Waals surface area (Å²) in [6, 6.07) is 14.0. The standard InChI is InChI=1S/C21H17BrF3N3O2S/c1-28(12-27-15-8-6-14(22)7-9-15)18-10-17(19(31-18)20(26)29)30-11-13-4-2-3-5-16(13)21(23,24)25/h2-10,12H,11H2,1H3,(H2,26,29). The number of rotatable bonds is 7. The Balaban J connectivity index is 1.79. The van der Waals surface area contributed by atoms with E-state index >= 15 is 0 Å². The lowest BCUT2D eigenvalue weighted by molar-refractivity contribution is -0.138. The number of carbonyl (C=O) groups is 1. The van der Waals surface area contributed by atoms with Crippen molar-refractivity contribution in [2.45, 2.75) is 12.8 Å². The van der Waals surface area contributed by atoms with Gasteiger partial charge in [-0.25, -0.2) is 4.99 Å². The number of benzene rings is 2. The average Bonchev–Trinajstić information content (AvgIpc) is 3.16. The number of primary amides is 1. The van der Waals surface area contributed by atoms with Crippen molar-refractivity contribution in [2.24, 2.45) is 10.7 Å². The highest BCUT2D eigenvalue weighted by atomic mass is 79.9. The quantitative estimate of drug-likeness (QED) is 0.312. The zero-order valence-electron chi connectivity index (χ0n) is 16.2. The van der Waals surface area contributed by atoms with E-state index in [2.05, 4.69) is 20.9 Å². The first-order valence-electron chi connectivity index (χ1n) is 8.89. The fraction of sp³-hybridized carbons (Fsp3) is 0.143. The van der Waals surface area contributed by atoms with E-state index in [-0.39, 0.29) is 22.8 Å². The fourth-order valence-corrected chi connectivity index (χ4v) is 3.78. The SMILES string of the molecule is CN(C=Nc1ccc(Br)cc1)c1cc(OCc2ccccc2C(F)(F)F)c(C(N)=O)s1. The van der Waals surface area contributed by atoms with Crippen LogP contribution in [-0.2, 0) is 12.8 Å². The number of thiophene rings is 1. The summed E-state index contributed by atoms with van der Waals surface area (Å²) in [6.07, 6.45) is -2.95. The van der Waals surface area contributed by atoms with E-state index in [0.717, 1.165) is 27.6 Å². The maximum Gasteiger partial charge on any atom is 0.416 e. The van der Waals surface area contributed by atoms with Crippen LogP contribution in [0.15, 0.2) is 64.1 Å². The van der Waals surface area contributed by atoms with Gasteiger partial charge in [-0.3, -0.25) is 4.79 Å². The van der Waals surface area contributed by atoms with Gasteiger partial charge in [-0.2, -0.15) is 13.2 Å². The molecule has 3 aromatic rings. The molecule has 1 heterocycles. The van der Waals surface area contributed by atoms with Crippen molar-refractivity contribution in [1.82, 2.24) is 0 Å². The fourth-order valence-electron chi connectivity index (χ4n) is 2.63. The van der Waals surface area contributed by atoms with Gasteiger partial charge in [-0.15, -0.1) is 11.3 Å². The summed E-state index contributed by atoms with van der Waals surface area (Å²) in [5.74, 6) is -0.609. The number of hydrogen-bond donors (Lipinski definition) is 1. The Morgan fingerprint density at radius 2 is 1.90 bits per heavy atom. The molecule has 0 spiro atoms. The van der Waals surface area contributed by atoms with Gasteiger partial charge in [0, 0.05) is 23.2 Å². The summed E-state index contributed by atoms with van der Waals surface area (Å²) in [7, 11) is 1.72. The highest BCUT2D eigenvalue weighted by Gasteiger charge is 2.33. The molecular weight excluding hydrogens is 495 g/mol. The van der Waals surface area contributed by atoms with E-state index in [0.29, 0.717) is 5.00 Å². The van der Waals surface area contributed by atoms with Gasteiger partial charge in [0.1, 0.15) is 22.2 Å². The van der Waals surface area contributed by atoms with Crippen LogP contribution < -0.4 is 15.4 Å². The molecule has 2 aromatic carbocycles. The van der Waals surface area contributed by atoms with Crippen LogP contribution in [0, 0.1) is 0 Å². The average molecular weight is 512 g/mol. The number of ether oxygens (including phenoxy) is 1. The van der Waals surface area contributed by atoms with Crippen LogP contribution in [0.3, 0.4) is 0 Å². The van der Waals surface area contributed by atoms with Gasteiger partial charge in [-0.05, 0) is 30.3 Å². The summed E-state index contributed by atoms with van der Waals surface area (Å²) < 4.78 is 46.1. The van der Waals surface area contributed by atoms with Gasteiger partial charge in [0.15, 0.2) is 0 Å². The van der Waals surface area contributed by atoms with Crippen molar-refractivity contribution >= 4 is 50.2 Å². The van der Waals surface area contributed by atoms with E-state index in [9.17, 15) is 18.0 Å². The lowest BCUT2D eigenvalue weighted by Crippen LogP contribution is -2.13. The zero-order valence-corrected chi connectivity index (χ0v) is 18.6. The van der Waals surface area contributed by atoms with Crippen LogP contribution in [0.2, 0.25) is 0 Å². The first-order chi connectivity index (χ1) is 14.6. The van der Waals surface area contributed by atoms with Gasteiger partial charge >= 0.3 is 6.18 Å².